The number of amides is 1. The summed E-state index contributed by atoms with van der Waals surface area (Å²) in [5.41, 5.74) is 8.20. The molecule has 2 rings (SSSR count). The number of carbonyl (C=O) groups is 1. The smallest absolute Gasteiger partial charge is 0.267 e. The first-order valence-corrected chi connectivity index (χ1v) is 7.28. The van der Waals surface area contributed by atoms with Crippen molar-refractivity contribution < 1.29 is 4.79 Å². The van der Waals surface area contributed by atoms with E-state index in [2.05, 4.69) is 15.5 Å². The van der Waals surface area contributed by atoms with Crippen LogP contribution in [0.1, 0.15) is 42.5 Å². The van der Waals surface area contributed by atoms with Gasteiger partial charge in [-0.15, -0.1) is 0 Å². The minimum atomic E-state index is -0.0598. The zero-order valence-electron chi connectivity index (χ0n) is 11.7. The third-order valence-corrected chi connectivity index (χ3v) is 3.67. The molecular weight excluding hydrogens is 256 g/mol. The second-order valence-electron chi connectivity index (χ2n) is 5.16. The zero-order valence-corrected chi connectivity index (χ0v) is 11.7. The average molecular weight is 278 g/mol. The Kier molecular flexibility index (Phi) is 5.29. The van der Waals surface area contributed by atoms with Crippen molar-refractivity contribution in [3.8, 4) is 0 Å². The van der Waals surface area contributed by atoms with E-state index in [4.69, 9.17) is 5.73 Å². The van der Waals surface area contributed by atoms with Crippen molar-refractivity contribution in [2.75, 3.05) is 13.1 Å². The molecule has 0 aromatic carbocycles. The molecule has 0 spiro atoms. The molecule has 110 valence electrons. The summed E-state index contributed by atoms with van der Waals surface area (Å²) in [5, 5.41) is 9.57. The van der Waals surface area contributed by atoms with Gasteiger partial charge in [-0.3, -0.25) is 9.59 Å². The molecule has 0 radical (unpaired) electrons. The Labute approximate surface area is 118 Å². The van der Waals surface area contributed by atoms with Crippen LogP contribution in [0.4, 0.5) is 0 Å². The van der Waals surface area contributed by atoms with Gasteiger partial charge in [0.25, 0.3) is 5.56 Å². The van der Waals surface area contributed by atoms with Crippen LogP contribution in [-0.4, -0.2) is 29.2 Å². The van der Waals surface area contributed by atoms with Crippen molar-refractivity contribution in [1.29, 1.82) is 0 Å². The van der Waals surface area contributed by atoms with Crippen molar-refractivity contribution in [2.45, 2.75) is 44.9 Å². The fourth-order valence-electron chi connectivity index (χ4n) is 2.61. The topological polar surface area (TPSA) is 101 Å². The van der Waals surface area contributed by atoms with Crippen LogP contribution in [0.5, 0.6) is 0 Å². The van der Waals surface area contributed by atoms with Gasteiger partial charge in [-0.25, -0.2) is 5.10 Å². The Balaban J connectivity index is 1.93. The van der Waals surface area contributed by atoms with Gasteiger partial charge in [0.05, 0.1) is 5.69 Å². The summed E-state index contributed by atoms with van der Waals surface area (Å²) < 4.78 is 0. The summed E-state index contributed by atoms with van der Waals surface area (Å²) in [5.74, 6) is 0.0220. The maximum atomic E-state index is 11.7. The van der Waals surface area contributed by atoms with Crippen LogP contribution in [-0.2, 0) is 24.1 Å². The highest BCUT2D eigenvalue weighted by atomic mass is 16.1. The monoisotopic (exact) mass is 278 g/mol. The fourth-order valence-corrected chi connectivity index (χ4v) is 2.61. The predicted molar refractivity (Wildman–Crippen MR) is 76.5 cm³/mol. The number of nitrogens with two attached hydrogens (primary N) is 1. The lowest BCUT2D eigenvalue weighted by Crippen LogP contribution is -2.28. The highest BCUT2D eigenvalue weighted by molar-refractivity contribution is 5.75. The van der Waals surface area contributed by atoms with Crippen molar-refractivity contribution in [3.63, 3.8) is 0 Å². The number of aromatic nitrogens is 2. The van der Waals surface area contributed by atoms with Crippen molar-refractivity contribution in [3.05, 3.63) is 27.2 Å². The van der Waals surface area contributed by atoms with Crippen LogP contribution in [0.2, 0.25) is 0 Å². The highest BCUT2D eigenvalue weighted by Gasteiger charge is 2.17. The Bertz CT molecular complexity index is 524. The molecule has 1 aliphatic rings. The van der Waals surface area contributed by atoms with Gasteiger partial charge in [0.2, 0.25) is 5.91 Å². The van der Waals surface area contributed by atoms with Gasteiger partial charge in [-0.1, -0.05) is 0 Å². The normalized spacial score (nSPS) is 13.8. The number of aromatic amines is 1. The van der Waals surface area contributed by atoms with Gasteiger partial charge in [0, 0.05) is 24.9 Å². The molecule has 1 aromatic rings. The van der Waals surface area contributed by atoms with Gasteiger partial charge in [0.15, 0.2) is 0 Å². The van der Waals surface area contributed by atoms with Gasteiger partial charge in [0.1, 0.15) is 0 Å². The third-order valence-electron chi connectivity index (χ3n) is 3.67. The molecule has 6 heteroatoms. The molecule has 1 heterocycles. The Morgan fingerprint density at radius 1 is 1.30 bits per heavy atom. The molecule has 1 aromatic heterocycles. The Morgan fingerprint density at radius 3 is 2.80 bits per heavy atom. The molecule has 6 nitrogen and oxygen atoms in total. The molecule has 0 fully saturated rings. The van der Waals surface area contributed by atoms with Crippen LogP contribution < -0.4 is 16.6 Å². The number of hydrogen-bond donors (Lipinski definition) is 3. The lowest BCUT2D eigenvalue weighted by atomic mass is 9.91. The number of nitrogens with zero attached hydrogens (tertiary/aromatic N) is 1. The predicted octanol–water partition coefficient (Wildman–Crippen LogP) is 0.0463. The summed E-state index contributed by atoms with van der Waals surface area (Å²) in [6.07, 6.45) is 5.76. The summed E-state index contributed by atoms with van der Waals surface area (Å²) in [6.45, 7) is 1.08. The molecule has 0 saturated heterocycles. The number of fused-ring (bicyclic) bond motifs is 1. The maximum absolute atomic E-state index is 11.7. The largest absolute Gasteiger partial charge is 0.356 e. The van der Waals surface area contributed by atoms with E-state index in [1.54, 1.807) is 0 Å². The lowest BCUT2D eigenvalue weighted by molar-refractivity contribution is -0.121. The van der Waals surface area contributed by atoms with Gasteiger partial charge in [-0.05, 0) is 44.2 Å². The number of rotatable bonds is 6. The fraction of sp³-hybridized carbons (Fsp3) is 0.643. The SMILES string of the molecule is NCCCC(=O)NCCc1n[nH]c(=O)c2c1CCCC2. The van der Waals surface area contributed by atoms with Crippen molar-refractivity contribution in [1.82, 2.24) is 15.5 Å². The standard InChI is InChI=1S/C14H22N4O2/c15-8-3-6-13(19)16-9-7-12-10-4-1-2-5-11(10)14(20)18-17-12/h1-9,15H2,(H,16,19)(H,18,20). The van der Waals surface area contributed by atoms with E-state index >= 15 is 0 Å². The quantitative estimate of drug-likeness (QED) is 0.684. The molecule has 0 bridgehead atoms. The van der Waals surface area contributed by atoms with E-state index in [-0.39, 0.29) is 11.5 Å². The molecule has 0 aliphatic heterocycles. The first-order chi connectivity index (χ1) is 9.72. The van der Waals surface area contributed by atoms with Crippen LogP contribution in [0, 0.1) is 0 Å². The van der Waals surface area contributed by atoms with E-state index < -0.39 is 0 Å². The minimum absolute atomic E-state index is 0.0220. The summed E-state index contributed by atoms with van der Waals surface area (Å²) in [4.78, 5) is 23.2. The molecule has 0 unspecified atom stereocenters. The minimum Gasteiger partial charge on any atom is -0.356 e. The Hall–Kier alpha value is -1.69. The second-order valence-corrected chi connectivity index (χ2v) is 5.16. The lowest BCUT2D eigenvalue weighted by Gasteiger charge is -2.17. The number of nitrogens with one attached hydrogen (secondary N) is 2. The molecule has 20 heavy (non-hydrogen) atoms. The number of carbonyl (C=O) groups excluding carboxylic acids is 1. The van der Waals surface area contributed by atoms with E-state index in [0.29, 0.717) is 32.4 Å². The van der Waals surface area contributed by atoms with Crippen LogP contribution in [0.25, 0.3) is 0 Å². The maximum Gasteiger partial charge on any atom is 0.267 e. The van der Waals surface area contributed by atoms with E-state index in [9.17, 15) is 9.59 Å². The van der Waals surface area contributed by atoms with Gasteiger partial charge >= 0.3 is 0 Å². The van der Waals surface area contributed by atoms with E-state index in [0.717, 1.165) is 42.5 Å². The summed E-state index contributed by atoms with van der Waals surface area (Å²) in [6, 6.07) is 0. The van der Waals surface area contributed by atoms with Crippen LogP contribution >= 0.6 is 0 Å². The Morgan fingerprint density at radius 2 is 2.05 bits per heavy atom. The molecule has 0 saturated carbocycles. The zero-order chi connectivity index (χ0) is 14.4. The number of hydrogen-bond acceptors (Lipinski definition) is 4. The van der Waals surface area contributed by atoms with Crippen molar-refractivity contribution in [2.24, 2.45) is 5.73 Å². The molecule has 1 aliphatic carbocycles. The summed E-state index contributed by atoms with van der Waals surface area (Å²) in [7, 11) is 0. The first-order valence-electron chi connectivity index (χ1n) is 7.28. The molecule has 4 N–H and O–H groups in total. The number of H-pyrrole nitrogens is 1. The second kappa shape index (κ2) is 7.19. The van der Waals surface area contributed by atoms with Crippen LogP contribution in [0.15, 0.2) is 4.79 Å². The molecule has 0 atom stereocenters. The third kappa shape index (κ3) is 3.66. The molecular formula is C14H22N4O2. The van der Waals surface area contributed by atoms with E-state index in [1.807, 2.05) is 0 Å². The molecule has 1 amide bonds. The van der Waals surface area contributed by atoms with Gasteiger partial charge < -0.3 is 11.1 Å². The van der Waals surface area contributed by atoms with Crippen molar-refractivity contribution >= 4 is 5.91 Å². The highest BCUT2D eigenvalue weighted by Crippen LogP contribution is 2.20. The van der Waals surface area contributed by atoms with E-state index in [1.165, 1.54) is 0 Å². The van der Waals surface area contributed by atoms with Gasteiger partial charge in [-0.2, -0.15) is 5.10 Å². The average Bonchev–Trinajstić information content (AvgIpc) is 2.48. The van der Waals surface area contributed by atoms with Crippen LogP contribution in [0.3, 0.4) is 0 Å². The summed E-state index contributed by atoms with van der Waals surface area (Å²) >= 11 is 0. The first kappa shape index (κ1) is 14.7.